The van der Waals surface area contributed by atoms with Crippen molar-refractivity contribution in [1.29, 1.82) is 0 Å². The maximum atomic E-state index is 13.7. The lowest BCUT2D eigenvalue weighted by Crippen LogP contribution is -2.06. The molecule has 0 radical (unpaired) electrons. The summed E-state index contributed by atoms with van der Waals surface area (Å²) in [7, 11) is -3.93. The third-order valence-corrected chi connectivity index (χ3v) is 7.52. The van der Waals surface area contributed by atoms with Crippen LogP contribution in [0.4, 0.5) is 0 Å². The van der Waals surface area contributed by atoms with Crippen molar-refractivity contribution >= 4 is 9.84 Å². The summed E-state index contributed by atoms with van der Waals surface area (Å²) in [6.07, 6.45) is 0. The zero-order chi connectivity index (χ0) is 23.6. The second kappa shape index (κ2) is 9.12. The molecule has 0 saturated heterocycles. The van der Waals surface area contributed by atoms with Gasteiger partial charge >= 0.3 is 0 Å². The molecule has 0 aliphatic heterocycles. The van der Waals surface area contributed by atoms with Crippen molar-refractivity contribution < 1.29 is 17.9 Å². The molecular formula is C28H26O4S. The van der Waals surface area contributed by atoms with Crippen LogP contribution in [-0.4, -0.2) is 8.42 Å². The molecule has 0 atom stereocenters. The normalized spacial score (nSPS) is 11.3. The molecule has 0 unspecified atom stereocenters. The SMILES string of the molecule is Cc1ccc(Oc2ccccc2S(=O)(=O)c2ccccc2Oc2ccc(C)c(C)c2)cc1C. The van der Waals surface area contributed by atoms with E-state index in [9.17, 15) is 8.42 Å². The molecule has 168 valence electrons. The lowest BCUT2D eigenvalue weighted by molar-refractivity contribution is 0.461. The van der Waals surface area contributed by atoms with E-state index < -0.39 is 9.84 Å². The molecule has 4 nitrogen and oxygen atoms in total. The molecular weight excluding hydrogens is 432 g/mol. The van der Waals surface area contributed by atoms with Crippen LogP contribution in [0.15, 0.2) is 94.7 Å². The molecule has 4 aromatic rings. The lowest BCUT2D eigenvalue weighted by Gasteiger charge is -2.15. The minimum atomic E-state index is -3.93. The van der Waals surface area contributed by atoms with Crippen LogP contribution < -0.4 is 9.47 Å². The number of hydrogen-bond donors (Lipinski definition) is 0. The zero-order valence-corrected chi connectivity index (χ0v) is 19.9. The monoisotopic (exact) mass is 458 g/mol. The number of rotatable bonds is 6. The van der Waals surface area contributed by atoms with Crippen molar-refractivity contribution in [2.24, 2.45) is 0 Å². The smallest absolute Gasteiger partial charge is 0.213 e. The average Bonchev–Trinajstić information content (AvgIpc) is 2.79. The summed E-state index contributed by atoms with van der Waals surface area (Å²) in [6, 6.07) is 24.7. The molecule has 4 aromatic carbocycles. The fraction of sp³-hybridized carbons (Fsp3) is 0.143. The Hall–Kier alpha value is -3.57. The maximum Gasteiger partial charge on any atom is 0.213 e. The van der Waals surface area contributed by atoms with E-state index >= 15 is 0 Å². The van der Waals surface area contributed by atoms with Crippen LogP contribution in [-0.2, 0) is 9.84 Å². The van der Waals surface area contributed by atoms with Gasteiger partial charge in [-0.2, -0.15) is 0 Å². The number of para-hydroxylation sites is 2. The molecule has 5 heteroatoms. The highest BCUT2D eigenvalue weighted by molar-refractivity contribution is 7.91. The van der Waals surface area contributed by atoms with Gasteiger partial charge in [-0.15, -0.1) is 0 Å². The molecule has 4 rings (SSSR count). The van der Waals surface area contributed by atoms with Crippen LogP contribution in [0, 0.1) is 27.7 Å². The van der Waals surface area contributed by atoms with Gasteiger partial charge in [0, 0.05) is 0 Å². The summed E-state index contributed by atoms with van der Waals surface area (Å²) < 4.78 is 39.5. The number of hydrogen-bond acceptors (Lipinski definition) is 4. The van der Waals surface area contributed by atoms with Crippen molar-refractivity contribution in [1.82, 2.24) is 0 Å². The Kier molecular flexibility index (Phi) is 6.25. The maximum absolute atomic E-state index is 13.7. The van der Waals surface area contributed by atoms with Crippen LogP contribution >= 0.6 is 0 Å². The Morgan fingerprint density at radius 3 is 1.30 bits per heavy atom. The minimum absolute atomic E-state index is 0.0827. The third-order valence-electron chi connectivity index (χ3n) is 5.69. The Morgan fingerprint density at radius 1 is 0.515 bits per heavy atom. The average molecular weight is 459 g/mol. The van der Waals surface area contributed by atoms with E-state index in [1.165, 1.54) is 0 Å². The highest BCUT2D eigenvalue weighted by Gasteiger charge is 2.26. The topological polar surface area (TPSA) is 52.6 Å². The van der Waals surface area contributed by atoms with Gasteiger partial charge < -0.3 is 9.47 Å². The van der Waals surface area contributed by atoms with E-state index in [1.807, 2.05) is 64.1 Å². The number of ether oxygens (including phenoxy) is 2. The highest BCUT2D eigenvalue weighted by atomic mass is 32.2. The fourth-order valence-corrected chi connectivity index (χ4v) is 4.94. The Labute approximate surface area is 195 Å². The van der Waals surface area contributed by atoms with Gasteiger partial charge in [0.15, 0.2) is 0 Å². The van der Waals surface area contributed by atoms with Gasteiger partial charge in [0.2, 0.25) is 9.84 Å². The fourth-order valence-electron chi connectivity index (χ4n) is 3.44. The first-order chi connectivity index (χ1) is 15.8. The molecule has 0 heterocycles. The van der Waals surface area contributed by atoms with Gasteiger partial charge in [-0.05, 0) is 98.5 Å². The molecule has 0 bridgehead atoms. The van der Waals surface area contributed by atoms with Crippen molar-refractivity contribution in [3.8, 4) is 23.0 Å². The first-order valence-electron chi connectivity index (χ1n) is 10.7. The number of sulfone groups is 1. The minimum Gasteiger partial charge on any atom is -0.456 e. The number of benzene rings is 4. The van der Waals surface area contributed by atoms with Gasteiger partial charge in [-0.1, -0.05) is 36.4 Å². The first-order valence-corrected chi connectivity index (χ1v) is 12.2. The quantitative estimate of drug-likeness (QED) is 0.303. The molecule has 0 N–H and O–H groups in total. The van der Waals surface area contributed by atoms with Crippen LogP contribution in [0.2, 0.25) is 0 Å². The first kappa shape index (κ1) is 22.6. The van der Waals surface area contributed by atoms with E-state index in [0.717, 1.165) is 22.3 Å². The Balaban J connectivity index is 1.74. The second-order valence-corrected chi connectivity index (χ2v) is 9.98. The summed E-state index contributed by atoms with van der Waals surface area (Å²) in [5.41, 5.74) is 4.42. The largest absolute Gasteiger partial charge is 0.456 e. The van der Waals surface area contributed by atoms with Gasteiger partial charge in [0.05, 0.1) is 0 Å². The molecule has 0 amide bonds. The van der Waals surface area contributed by atoms with Gasteiger partial charge in [-0.25, -0.2) is 8.42 Å². The lowest BCUT2D eigenvalue weighted by atomic mass is 10.1. The van der Waals surface area contributed by atoms with E-state index in [-0.39, 0.29) is 21.3 Å². The summed E-state index contributed by atoms with van der Waals surface area (Å²) >= 11 is 0. The van der Waals surface area contributed by atoms with Crippen LogP contribution in [0.25, 0.3) is 0 Å². The predicted molar refractivity (Wildman–Crippen MR) is 130 cm³/mol. The second-order valence-electron chi connectivity index (χ2n) is 8.09. The van der Waals surface area contributed by atoms with E-state index in [4.69, 9.17) is 9.47 Å². The molecule has 0 aliphatic carbocycles. The molecule has 0 spiro atoms. The van der Waals surface area contributed by atoms with Crippen LogP contribution in [0.3, 0.4) is 0 Å². The van der Waals surface area contributed by atoms with Crippen LogP contribution in [0.1, 0.15) is 22.3 Å². The zero-order valence-electron chi connectivity index (χ0n) is 19.1. The molecule has 0 aromatic heterocycles. The predicted octanol–water partition coefficient (Wildman–Crippen LogP) is 7.34. The van der Waals surface area contributed by atoms with Crippen molar-refractivity contribution in [3.05, 3.63) is 107 Å². The van der Waals surface area contributed by atoms with E-state index in [2.05, 4.69) is 0 Å². The van der Waals surface area contributed by atoms with Gasteiger partial charge in [0.25, 0.3) is 0 Å². The van der Waals surface area contributed by atoms with Gasteiger partial charge in [-0.3, -0.25) is 0 Å². The number of aryl methyl sites for hydroxylation is 4. The summed E-state index contributed by atoms with van der Waals surface area (Å²) in [6.45, 7) is 8.02. The molecule has 33 heavy (non-hydrogen) atoms. The summed E-state index contributed by atoms with van der Waals surface area (Å²) in [5, 5.41) is 0. The standard InChI is InChI=1S/C28H26O4S/c1-19-13-15-23(17-21(19)3)31-25-9-5-7-11-27(25)33(29,30)28-12-8-6-10-26(28)32-24-16-14-20(2)22(4)18-24/h5-18H,1-4H3. The van der Waals surface area contributed by atoms with E-state index in [0.29, 0.717) is 11.5 Å². The van der Waals surface area contributed by atoms with Crippen molar-refractivity contribution in [2.75, 3.05) is 0 Å². The van der Waals surface area contributed by atoms with Crippen molar-refractivity contribution in [2.45, 2.75) is 37.5 Å². The van der Waals surface area contributed by atoms with E-state index in [1.54, 1.807) is 48.5 Å². The summed E-state index contributed by atoms with van der Waals surface area (Å²) in [5.74, 6) is 1.70. The van der Waals surface area contributed by atoms with Gasteiger partial charge in [0.1, 0.15) is 32.8 Å². The molecule has 0 saturated carbocycles. The summed E-state index contributed by atoms with van der Waals surface area (Å²) in [4.78, 5) is 0.165. The van der Waals surface area contributed by atoms with Crippen molar-refractivity contribution in [3.63, 3.8) is 0 Å². The van der Waals surface area contributed by atoms with Crippen LogP contribution in [0.5, 0.6) is 23.0 Å². The Morgan fingerprint density at radius 2 is 0.909 bits per heavy atom. The molecule has 0 aliphatic rings. The highest BCUT2D eigenvalue weighted by Crippen LogP contribution is 2.38. The third kappa shape index (κ3) is 4.78. The molecule has 0 fully saturated rings. The Bertz CT molecular complexity index is 1320.